The van der Waals surface area contributed by atoms with E-state index >= 15 is 0 Å². The molecule has 1 aliphatic carbocycles. The molecule has 1 saturated carbocycles. The van der Waals surface area contributed by atoms with Crippen LogP contribution in [0.5, 0.6) is 0 Å². The predicted octanol–water partition coefficient (Wildman–Crippen LogP) is 2.68. The third-order valence-electron chi connectivity index (χ3n) is 2.80. The van der Waals surface area contributed by atoms with E-state index in [-0.39, 0.29) is 11.0 Å². The summed E-state index contributed by atoms with van der Waals surface area (Å²) >= 11 is 5.67. The normalized spacial score (nSPS) is 17.3. The van der Waals surface area contributed by atoms with Gasteiger partial charge in [0.25, 0.3) is 0 Å². The van der Waals surface area contributed by atoms with Gasteiger partial charge in [0.05, 0.1) is 17.5 Å². The number of halogens is 2. The van der Waals surface area contributed by atoms with Crippen molar-refractivity contribution in [3.8, 4) is 0 Å². The molecule has 80 valence electrons. The maximum Gasteiger partial charge on any atom is 0.316 e. The molecule has 2 nitrogen and oxygen atoms in total. The minimum Gasteiger partial charge on any atom is -0.468 e. The molecule has 1 fully saturated rings. The van der Waals surface area contributed by atoms with E-state index in [0.717, 1.165) is 18.4 Å². The van der Waals surface area contributed by atoms with Gasteiger partial charge in [0.1, 0.15) is 5.82 Å². The number of carbonyl (C=O) groups is 1. The summed E-state index contributed by atoms with van der Waals surface area (Å²) in [5, 5.41) is 0.0441. The smallest absolute Gasteiger partial charge is 0.316 e. The molecule has 0 amide bonds. The van der Waals surface area contributed by atoms with E-state index in [2.05, 4.69) is 0 Å². The molecule has 0 saturated heterocycles. The number of rotatable bonds is 2. The van der Waals surface area contributed by atoms with E-state index in [1.54, 1.807) is 6.07 Å². The van der Waals surface area contributed by atoms with Gasteiger partial charge in [-0.15, -0.1) is 0 Å². The van der Waals surface area contributed by atoms with Crippen molar-refractivity contribution >= 4 is 17.6 Å². The number of esters is 1. The summed E-state index contributed by atoms with van der Waals surface area (Å²) in [5.41, 5.74) is 0.160. The molecule has 1 aromatic carbocycles. The first-order chi connectivity index (χ1) is 7.10. The average molecular weight is 229 g/mol. The van der Waals surface area contributed by atoms with Crippen molar-refractivity contribution in [1.29, 1.82) is 0 Å². The van der Waals surface area contributed by atoms with Crippen LogP contribution in [0.1, 0.15) is 18.4 Å². The van der Waals surface area contributed by atoms with Crippen LogP contribution in [-0.4, -0.2) is 13.1 Å². The van der Waals surface area contributed by atoms with Crippen LogP contribution in [0.25, 0.3) is 0 Å². The van der Waals surface area contributed by atoms with Crippen molar-refractivity contribution in [3.05, 3.63) is 34.6 Å². The molecule has 15 heavy (non-hydrogen) atoms. The third kappa shape index (κ3) is 1.61. The number of benzene rings is 1. The van der Waals surface area contributed by atoms with Gasteiger partial charge in [-0.2, -0.15) is 0 Å². The zero-order chi connectivity index (χ0) is 11.1. The van der Waals surface area contributed by atoms with E-state index in [1.807, 2.05) is 0 Å². The summed E-state index contributed by atoms with van der Waals surface area (Å²) in [6.07, 6.45) is 1.48. The maximum absolute atomic E-state index is 12.9. The lowest BCUT2D eigenvalue weighted by atomic mass is 9.96. The van der Waals surface area contributed by atoms with Gasteiger partial charge < -0.3 is 4.74 Å². The van der Waals surface area contributed by atoms with Crippen LogP contribution in [-0.2, 0) is 14.9 Å². The molecule has 0 N–H and O–H groups in total. The second kappa shape index (κ2) is 3.49. The Bertz CT molecular complexity index is 413. The molecule has 4 heteroatoms. The molecule has 0 radical (unpaired) electrons. The molecular formula is C11H10ClFO2. The van der Waals surface area contributed by atoms with Gasteiger partial charge in [-0.3, -0.25) is 4.79 Å². The highest BCUT2D eigenvalue weighted by Gasteiger charge is 2.52. The summed E-state index contributed by atoms with van der Waals surface area (Å²) in [4.78, 5) is 11.5. The van der Waals surface area contributed by atoms with Gasteiger partial charge in [-0.25, -0.2) is 4.39 Å². The Kier molecular flexibility index (Phi) is 2.43. The standard InChI is InChI=1S/C11H10ClFO2/c1-15-10(14)11(4-5-11)7-2-3-9(13)8(12)6-7/h2-3,6H,4-5H2,1H3. The Morgan fingerprint density at radius 1 is 1.53 bits per heavy atom. The van der Waals surface area contributed by atoms with Crippen molar-refractivity contribution in [2.45, 2.75) is 18.3 Å². The molecule has 0 aromatic heterocycles. The van der Waals surface area contributed by atoms with Crippen LogP contribution in [0.4, 0.5) is 4.39 Å². The van der Waals surface area contributed by atoms with Crippen LogP contribution in [0.3, 0.4) is 0 Å². The minimum atomic E-state index is -0.577. The maximum atomic E-state index is 12.9. The highest BCUT2D eigenvalue weighted by atomic mass is 35.5. The van der Waals surface area contributed by atoms with Crippen molar-refractivity contribution in [2.24, 2.45) is 0 Å². The average Bonchev–Trinajstić information content (AvgIpc) is 3.02. The van der Waals surface area contributed by atoms with Crippen molar-refractivity contribution in [2.75, 3.05) is 7.11 Å². The first-order valence-corrected chi connectivity index (χ1v) is 5.02. The molecule has 2 rings (SSSR count). The van der Waals surface area contributed by atoms with Crippen molar-refractivity contribution in [1.82, 2.24) is 0 Å². The Hall–Kier alpha value is -1.09. The summed E-state index contributed by atoms with van der Waals surface area (Å²) in [7, 11) is 1.35. The van der Waals surface area contributed by atoms with Gasteiger partial charge in [0.15, 0.2) is 0 Å². The van der Waals surface area contributed by atoms with E-state index in [9.17, 15) is 9.18 Å². The lowest BCUT2D eigenvalue weighted by Gasteiger charge is -2.13. The van der Waals surface area contributed by atoms with Gasteiger partial charge in [-0.05, 0) is 30.5 Å². The predicted molar refractivity (Wildman–Crippen MR) is 54.3 cm³/mol. The topological polar surface area (TPSA) is 26.3 Å². The molecule has 0 unspecified atom stereocenters. The van der Waals surface area contributed by atoms with Crippen molar-refractivity contribution in [3.63, 3.8) is 0 Å². The first-order valence-electron chi connectivity index (χ1n) is 4.64. The molecular weight excluding hydrogens is 219 g/mol. The number of methoxy groups -OCH3 is 1. The third-order valence-corrected chi connectivity index (χ3v) is 3.09. The fraction of sp³-hybridized carbons (Fsp3) is 0.364. The van der Waals surface area contributed by atoms with Crippen LogP contribution in [0.2, 0.25) is 5.02 Å². The zero-order valence-corrected chi connectivity index (χ0v) is 8.97. The summed E-state index contributed by atoms with van der Waals surface area (Å²) in [5.74, 6) is -0.744. The minimum absolute atomic E-state index is 0.0441. The van der Waals surface area contributed by atoms with E-state index < -0.39 is 11.2 Å². The molecule has 0 aliphatic heterocycles. The Labute approximate surface area is 92.0 Å². The fourth-order valence-electron chi connectivity index (χ4n) is 1.72. The monoisotopic (exact) mass is 228 g/mol. The number of hydrogen-bond donors (Lipinski definition) is 0. The first kappa shape index (κ1) is 10.4. The highest BCUT2D eigenvalue weighted by molar-refractivity contribution is 6.30. The number of carbonyl (C=O) groups excluding carboxylic acids is 1. The van der Waals surface area contributed by atoms with Gasteiger partial charge in [0.2, 0.25) is 0 Å². The van der Waals surface area contributed by atoms with Gasteiger partial charge in [0, 0.05) is 0 Å². The summed E-state index contributed by atoms with van der Waals surface area (Å²) in [6, 6.07) is 4.37. The molecule has 0 bridgehead atoms. The van der Waals surface area contributed by atoms with Crippen molar-refractivity contribution < 1.29 is 13.9 Å². The van der Waals surface area contributed by atoms with Crippen LogP contribution >= 0.6 is 11.6 Å². The SMILES string of the molecule is COC(=O)C1(c2ccc(F)c(Cl)c2)CC1. The molecule has 1 aromatic rings. The summed E-state index contributed by atoms with van der Waals surface area (Å²) in [6.45, 7) is 0. The second-order valence-corrected chi connectivity index (χ2v) is 4.11. The quantitative estimate of drug-likeness (QED) is 0.728. The van der Waals surface area contributed by atoms with Crippen LogP contribution in [0, 0.1) is 5.82 Å². The van der Waals surface area contributed by atoms with E-state index in [1.165, 1.54) is 19.2 Å². The molecule has 1 aliphatic rings. The van der Waals surface area contributed by atoms with Crippen LogP contribution in [0.15, 0.2) is 18.2 Å². The Balaban J connectivity index is 2.38. The molecule has 0 spiro atoms. The second-order valence-electron chi connectivity index (χ2n) is 3.70. The van der Waals surface area contributed by atoms with Gasteiger partial charge >= 0.3 is 5.97 Å². The van der Waals surface area contributed by atoms with Gasteiger partial charge in [-0.1, -0.05) is 17.7 Å². The van der Waals surface area contributed by atoms with E-state index in [0.29, 0.717) is 0 Å². The fourth-order valence-corrected chi connectivity index (χ4v) is 1.91. The Morgan fingerprint density at radius 3 is 2.67 bits per heavy atom. The highest BCUT2D eigenvalue weighted by Crippen LogP contribution is 2.49. The number of hydrogen-bond acceptors (Lipinski definition) is 2. The number of ether oxygens (including phenoxy) is 1. The lowest BCUT2D eigenvalue weighted by molar-refractivity contribution is -0.143. The summed E-state index contributed by atoms with van der Waals surface area (Å²) < 4.78 is 17.7. The van der Waals surface area contributed by atoms with Crippen LogP contribution < -0.4 is 0 Å². The van der Waals surface area contributed by atoms with E-state index in [4.69, 9.17) is 16.3 Å². The Morgan fingerprint density at radius 2 is 2.20 bits per heavy atom. The molecule has 0 atom stereocenters. The zero-order valence-electron chi connectivity index (χ0n) is 8.22. The molecule has 0 heterocycles. The lowest BCUT2D eigenvalue weighted by Crippen LogP contribution is -2.21. The largest absolute Gasteiger partial charge is 0.468 e.